The number of fused-ring (bicyclic) bond motifs is 3. The Balaban J connectivity index is 1.83. The van der Waals surface area contributed by atoms with Crippen molar-refractivity contribution in [3.63, 3.8) is 0 Å². The van der Waals surface area contributed by atoms with E-state index in [1.54, 1.807) is 19.1 Å². The highest BCUT2D eigenvalue weighted by Crippen LogP contribution is 2.43. The summed E-state index contributed by atoms with van der Waals surface area (Å²) in [5, 5.41) is 0. The first-order valence-electron chi connectivity index (χ1n) is 8.70. The van der Waals surface area contributed by atoms with Crippen LogP contribution >= 0.6 is 11.3 Å². The third-order valence-corrected chi connectivity index (χ3v) is 6.14. The van der Waals surface area contributed by atoms with Gasteiger partial charge in [-0.3, -0.25) is 4.79 Å². The minimum Gasteiger partial charge on any atom is -0.399 e. The number of anilines is 2. The van der Waals surface area contributed by atoms with Gasteiger partial charge in [-0.1, -0.05) is 18.7 Å². The first-order valence-corrected chi connectivity index (χ1v) is 9.51. The van der Waals surface area contributed by atoms with E-state index in [4.69, 9.17) is 5.73 Å². The molecule has 0 aliphatic carbocycles. The normalized spacial score (nSPS) is 12.9. The molecular formula is C22H19FN2OS. The molecule has 3 nitrogen and oxygen atoms in total. The highest BCUT2D eigenvalue weighted by Gasteiger charge is 2.25. The number of thiophene rings is 1. The van der Waals surface area contributed by atoms with Crippen molar-refractivity contribution in [3.8, 4) is 10.4 Å². The standard InChI is InChI=1S/C22H19FN2OS/c1-13(15-3-6-18(24)7-4-15)25-10-9-16-11-21(14(2)26)27-22(16)19-8-5-17(23)12-20(19)25/h3-8,11-12H,1,9-10,24H2,2H3. The van der Waals surface area contributed by atoms with Crippen LogP contribution in [0.25, 0.3) is 16.1 Å². The number of nitrogens with zero attached hydrogens (tertiary/aromatic N) is 1. The SMILES string of the molecule is C=C(c1ccc(N)cc1)N1CCc2cc(C(C)=O)sc2-c2ccc(F)cc21. The molecule has 2 N–H and O–H groups in total. The van der Waals surface area contributed by atoms with Crippen molar-refractivity contribution in [3.05, 3.63) is 76.9 Å². The molecule has 0 saturated carbocycles. The number of rotatable bonds is 3. The molecule has 0 bridgehead atoms. The van der Waals surface area contributed by atoms with Gasteiger partial charge in [-0.25, -0.2) is 4.39 Å². The van der Waals surface area contributed by atoms with E-state index in [1.165, 1.54) is 17.4 Å². The van der Waals surface area contributed by atoms with E-state index in [0.717, 1.165) is 44.2 Å². The Hall–Kier alpha value is -2.92. The Labute approximate surface area is 161 Å². The lowest BCUT2D eigenvalue weighted by molar-refractivity contribution is 0.102. The van der Waals surface area contributed by atoms with Crippen LogP contribution in [0.5, 0.6) is 0 Å². The Morgan fingerprint density at radius 2 is 1.93 bits per heavy atom. The summed E-state index contributed by atoms with van der Waals surface area (Å²) in [4.78, 5) is 15.6. The summed E-state index contributed by atoms with van der Waals surface area (Å²) in [5.74, 6) is -0.240. The van der Waals surface area contributed by atoms with E-state index in [0.29, 0.717) is 12.2 Å². The first-order chi connectivity index (χ1) is 12.9. The van der Waals surface area contributed by atoms with Gasteiger partial charge in [-0.05, 0) is 60.9 Å². The number of nitrogen functional groups attached to an aromatic ring is 1. The van der Waals surface area contributed by atoms with Gasteiger partial charge in [-0.15, -0.1) is 11.3 Å². The minimum absolute atomic E-state index is 0.0554. The number of hydrogen-bond acceptors (Lipinski definition) is 4. The molecule has 3 aromatic rings. The lowest BCUT2D eigenvalue weighted by atomic mass is 10.1. The Kier molecular flexibility index (Phi) is 4.32. The van der Waals surface area contributed by atoms with Gasteiger partial charge < -0.3 is 10.6 Å². The van der Waals surface area contributed by atoms with Crippen molar-refractivity contribution in [1.29, 1.82) is 0 Å². The number of nitrogens with two attached hydrogens (primary N) is 1. The molecule has 0 unspecified atom stereocenters. The Morgan fingerprint density at radius 3 is 2.63 bits per heavy atom. The average Bonchev–Trinajstić information content (AvgIpc) is 3.01. The summed E-state index contributed by atoms with van der Waals surface area (Å²) >= 11 is 1.47. The lowest BCUT2D eigenvalue weighted by Gasteiger charge is -2.27. The molecule has 0 saturated heterocycles. The zero-order valence-corrected chi connectivity index (χ0v) is 15.8. The zero-order valence-electron chi connectivity index (χ0n) is 15.0. The molecule has 27 heavy (non-hydrogen) atoms. The van der Waals surface area contributed by atoms with Gasteiger partial charge in [-0.2, -0.15) is 0 Å². The fourth-order valence-corrected chi connectivity index (χ4v) is 4.54. The molecule has 136 valence electrons. The van der Waals surface area contributed by atoms with E-state index in [-0.39, 0.29) is 11.6 Å². The average molecular weight is 378 g/mol. The highest BCUT2D eigenvalue weighted by molar-refractivity contribution is 7.17. The molecule has 1 aromatic heterocycles. The summed E-state index contributed by atoms with van der Waals surface area (Å²) in [6, 6.07) is 14.3. The van der Waals surface area contributed by atoms with Crippen LogP contribution in [0.4, 0.5) is 15.8 Å². The molecule has 5 heteroatoms. The second-order valence-corrected chi connectivity index (χ2v) is 7.71. The van der Waals surface area contributed by atoms with Gasteiger partial charge in [0, 0.05) is 28.4 Å². The number of hydrogen-bond donors (Lipinski definition) is 1. The summed E-state index contributed by atoms with van der Waals surface area (Å²) in [7, 11) is 0. The minimum atomic E-state index is -0.296. The van der Waals surface area contributed by atoms with Gasteiger partial charge in [0.05, 0.1) is 10.6 Å². The number of ketones is 1. The number of carbonyl (C=O) groups is 1. The Bertz CT molecular complexity index is 1050. The molecule has 0 spiro atoms. The van der Waals surface area contributed by atoms with Crippen LogP contribution in [0.2, 0.25) is 0 Å². The zero-order chi connectivity index (χ0) is 19.1. The van der Waals surface area contributed by atoms with E-state index in [9.17, 15) is 9.18 Å². The molecular weight excluding hydrogens is 359 g/mol. The third kappa shape index (κ3) is 3.15. The van der Waals surface area contributed by atoms with E-state index < -0.39 is 0 Å². The first kappa shape index (κ1) is 17.5. The van der Waals surface area contributed by atoms with E-state index in [2.05, 4.69) is 6.58 Å². The topological polar surface area (TPSA) is 46.3 Å². The van der Waals surface area contributed by atoms with Crippen LogP contribution in [-0.2, 0) is 6.42 Å². The number of Topliss-reactive ketones (excluding diaryl/α,β-unsaturated/α-hetero) is 1. The predicted octanol–water partition coefficient (Wildman–Crippen LogP) is 5.37. The van der Waals surface area contributed by atoms with Crippen LogP contribution in [0.3, 0.4) is 0 Å². The van der Waals surface area contributed by atoms with Crippen molar-refractivity contribution < 1.29 is 9.18 Å². The summed E-state index contributed by atoms with van der Waals surface area (Å²) in [6.07, 6.45) is 0.753. The van der Waals surface area contributed by atoms with Gasteiger partial charge >= 0.3 is 0 Å². The van der Waals surface area contributed by atoms with Gasteiger partial charge in [0.25, 0.3) is 0 Å². The maximum atomic E-state index is 14.1. The maximum Gasteiger partial charge on any atom is 0.169 e. The molecule has 2 aromatic carbocycles. The highest BCUT2D eigenvalue weighted by atomic mass is 32.1. The summed E-state index contributed by atoms with van der Waals surface area (Å²) in [5.41, 5.74) is 11.0. The van der Waals surface area contributed by atoms with Crippen molar-refractivity contribution in [2.24, 2.45) is 0 Å². The summed E-state index contributed by atoms with van der Waals surface area (Å²) < 4.78 is 14.1. The van der Waals surface area contributed by atoms with Crippen molar-refractivity contribution >= 4 is 34.2 Å². The van der Waals surface area contributed by atoms with Gasteiger partial charge in [0.2, 0.25) is 0 Å². The second kappa shape index (κ2) is 6.67. The van der Waals surface area contributed by atoms with Crippen LogP contribution < -0.4 is 10.6 Å². The summed E-state index contributed by atoms with van der Waals surface area (Å²) in [6.45, 7) is 6.48. The number of carbonyl (C=O) groups excluding carboxylic acids is 1. The van der Waals surface area contributed by atoms with Crippen LogP contribution in [0, 0.1) is 5.82 Å². The molecule has 0 radical (unpaired) electrons. The van der Waals surface area contributed by atoms with E-state index in [1.807, 2.05) is 35.2 Å². The van der Waals surface area contributed by atoms with Gasteiger partial charge in [0.1, 0.15) is 5.82 Å². The molecule has 2 heterocycles. The van der Waals surface area contributed by atoms with E-state index >= 15 is 0 Å². The Morgan fingerprint density at radius 1 is 1.19 bits per heavy atom. The second-order valence-electron chi connectivity index (χ2n) is 6.65. The van der Waals surface area contributed by atoms with Crippen LogP contribution in [0.15, 0.2) is 55.1 Å². The lowest BCUT2D eigenvalue weighted by Crippen LogP contribution is -2.23. The van der Waals surface area contributed by atoms with Crippen LogP contribution in [0.1, 0.15) is 27.7 Å². The van der Waals surface area contributed by atoms with Crippen LogP contribution in [-0.4, -0.2) is 12.3 Å². The monoisotopic (exact) mass is 378 g/mol. The predicted molar refractivity (Wildman–Crippen MR) is 111 cm³/mol. The fraction of sp³-hybridized carbons (Fsp3) is 0.136. The third-order valence-electron chi connectivity index (χ3n) is 4.83. The van der Waals surface area contributed by atoms with Crippen molar-refractivity contribution in [1.82, 2.24) is 0 Å². The number of halogens is 1. The largest absolute Gasteiger partial charge is 0.399 e. The van der Waals surface area contributed by atoms with Gasteiger partial charge in [0.15, 0.2) is 5.78 Å². The molecule has 0 atom stereocenters. The quantitative estimate of drug-likeness (QED) is 0.492. The molecule has 4 rings (SSSR count). The molecule has 1 aliphatic heterocycles. The fourth-order valence-electron chi connectivity index (χ4n) is 3.40. The molecule has 0 amide bonds. The maximum absolute atomic E-state index is 14.1. The number of benzene rings is 2. The molecule has 1 aliphatic rings. The smallest absolute Gasteiger partial charge is 0.169 e. The van der Waals surface area contributed by atoms with Crippen molar-refractivity contribution in [2.45, 2.75) is 13.3 Å². The van der Waals surface area contributed by atoms with Crippen molar-refractivity contribution in [2.75, 3.05) is 17.2 Å². The molecule has 0 fully saturated rings.